The number of hydrogen-bond acceptors (Lipinski definition) is 4. The summed E-state index contributed by atoms with van der Waals surface area (Å²) in [4.78, 5) is 25.2. The molecule has 1 atom stereocenters. The molecule has 2 N–H and O–H groups in total. The minimum atomic E-state index is -3.56. The van der Waals surface area contributed by atoms with Gasteiger partial charge in [0.25, 0.3) is 5.91 Å². The van der Waals surface area contributed by atoms with Crippen molar-refractivity contribution >= 4 is 32.5 Å². The van der Waals surface area contributed by atoms with Crippen molar-refractivity contribution in [2.45, 2.75) is 37.1 Å². The van der Waals surface area contributed by atoms with Crippen LogP contribution in [0.1, 0.15) is 36.5 Å². The van der Waals surface area contributed by atoms with E-state index in [0.717, 1.165) is 21.9 Å². The Kier molecular flexibility index (Phi) is 8.48. The van der Waals surface area contributed by atoms with Crippen molar-refractivity contribution in [1.82, 2.24) is 10.0 Å². The lowest BCUT2D eigenvalue weighted by Crippen LogP contribution is -2.39. The molecule has 4 aromatic carbocycles. The number of unbranched alkanes of at least 4 members (excludes halogenated alkanes) is 1. The van der Waals surface area contributed by atoms with Crippen molar-refractivity contribution < 1.29 is 18.0 Å². The van der Waals surface area contributed by atoms with Crippen LogP contribution >= 0.6 is 0 Å². The summed E-state index contributed by atoms with van der Waals surface area (Å²) in [6.07, 6.45) is 1.57. The highest BCUT2D eigenvalue weighted by Gasteiger charge is 2.18. The molecule has 0 saturated carbocycles. The van der Waals surface area contributed by atoms with Gasteiger partial charge in [-0.3, -0.25) is 9.59 Å². The van der Waals surface area contributed by atoms with Crippen LogP contribution in [0.4, 0.5) is 0 Å². The topological polar surface area (TPSA) is 92.3 Å². The highest BCUT2D eigenvalue weighted by atomic mass is 32.2. The Morgan fingerprint density at radius 1 is 0.784 bits per heavy atom. The molecular formula is C30H30N2O4S. The van der Waals surface area contributed by atoms with E-state index in [1.165, 1.54) is 19.1 Å². The third-order valence-electron chi connectivity index (χ3n) is 6.31. The van der Waals surface area contributed by atoms with Gasteiger partial charge in [0.2, 0.25) is 10.0 Å². The second-order valence-electron chi connectivity index (χ2n) is 8.95. The molecule has 1 unspecified atom stereocenters. The van der Waals surface area contributed by atoms with E-state index in [1.807, 2.05) is 30.3 Å². The Bertz CT molecular complexity index is 1480. The van der Waals surface area contributed by atoms with Gasteiger partial charge in [-0.25, -0.2) is 13.1 Å². The van der Waals surface area contributed by atoms with E-state index in [-0.39, 0.29) is 23.1 Å². The average Bonchev–Trinajstić information content (AvgIpc) is 2.92. The summed E-state index contributed by atoms with van der Waals surface area (Å²) in [5, 5.41) is 5.12. The number of rotatable bonds is 11. The van der Waals surface area contributed by atoms with Crippen molar-refractivity contribution in [2.75, 3.05) is 6.54 Å². The fourth-order valence-electron chi connectivity index (χ4n) is 4.26. The predicted molar refractivity (Wildman–Crippen MR) is 147 cm³/mol. The van der Waals surface area contributed by atoms with Gasteiger partial charge in [-0.1, -0.05) is 72.8 Å². The zero-order valence-electron chi connectivity index (χ0n) is 20.7. The van der Waals surface area contributed by atoms with Crippen LogP contribution in [-0.4, -0.2) is 32.7 Å². The van der Waals surface area contributed by atoms with Crippen molar-refractivity contribution in [3.63, 3.8) is 0 Å². The molecule has 190 valence electrons. The molecule has 4 rings (SSSR count). The van der Waals surface area contributed by atoms with E-state index in [1.54, 1.807) is 30.3 Å². The maximum Gasteiger partial charge on any atom is 0.251 e. The molecule has 1 amide bonds. The van der Waals surface area contributed by atoms with Crippen LogP contribution < -0.4 is 10.0 Å². The second kappa shape index (κ2) is 12.0. The molecular weight excluding hydrogens is 484 g/mol. The van der Waals surface area contributed by atoms with Crippen LogP contribution in [0.15, 0.2) is 102 Å². The summed E-state index contributed by atoms with van der Waals surface area (Å²) >= 11 is 0. The molecule has 0 heterocycles. The Hall–Kier alpha value is -3.81. The molecule has 0 radical (unpaired) electrons. The van der Waals surface area contributed by atoms with E-state index in [0.29, 0.717) is 24.8 Å². The number of carbonyl (C=O) groups excluding carboxylic acids is 2. The molecule has 0 aromatic heterocycles. The first kappa shape index (κ1) is 26.3. The number of nitrogens with one attached hydrogen (secondary N) is 2. The maximum atomic E-state index is 12.8. The molecule has 0 spiro atoms. The third-order valence-corrected chi connectivity index (χ3v) is 7.79. The van der Waals surface area contributed by atoms with Crippen LogP contribution in [0.25, 0.3) is 21.9 Å². The summed E-state index contributed by atoms with van der Waals surface area (Å²) in [6, 6.07) is 29.2. The van der Waals surface area contributed by atoms with Crippen molar-refractivity contribution in [2.24, 2.45) is 0 Å². The molecule has 0 aliphatic carbocycles. The highest BCUT2D eigenvalue weighted by molar-refractivity contribution is 7.89. The summed E-state index contributed by atoms with van der Waals surface area (Å²) in [6.45, 7) is 1.71. The Balaban J connectivity index is 1.31. The number of amides is 1. The van der Waals surface area contributed by atoms with Crippen LogP contribution in [-0.2, 0) is 14.8 Å². The first-order chi connectivity index (χ1) is 17.8. The van der Waals surface area contributed by atoms with Gasteiger partial charge in [0.05, 0.1) is 10.9 Å². The molecule has 0 saturated heterocycles. The molecule has 6 nitrogen and oxygen atoms in total. The van der Waals surface area contributed by atoms with Gasteiger partial charge in [-0.15, -0.1) is 0 Å². The van der Waals surface area contributed by atoms with Crippen LogP contribution in [0.2, 0.25) is 0 Å². The van der Waals surface area contributed by atoms with Gasteiger partial charge >= 0.3 is 0 Å². The van der Waals surface area contributed by atoms with E-state index < -0.39 is 16.1 Å². The maximum absolute atomic E-state index is 12.8. The van der Waals surface area contributed by atoms with Gasteiger partial charge < -0.3 is 5.32 Å². The lowest BCUT2D eigenvalue weighted by molar-refractivity contribution is -0.119. The number of hydrogen-bond donors (Lipinski definition) is 2. The summed E-state index contributed by atoms with van der Waals surface area (Å²) in [7, 11) is -3.56. The fourth-order valence-corrected chi connectivity index (χ4v) is 5.36. The zero-order chi connectivity index (χ0) is 26.3. The van der Waals surface area contributed by atoms with Gasteiger partial charge in [-0.05, 0) is 72.4 Å². The number of Topliss-reactive ketones (excluding diaryl/α,β-unsaturated/α-hetero) is 1. The summed E-state index contributed by atoms with van der Waals surface area (Å²) in [5.41, 5.74) is 2.58. The quantitative estimate of drug-likeness (QED) is 0.264. The van der Waals surface area contributed by atoms with Crippen molar-refractivity contribution in [1.29, 1.82) is 0 Å². The van der Waals surface area contributed by atoms with Crippen molar-refractivity contribution in [3.05, 3.63) is 103 Å². The minimum absolute atomic E-state index is 0.134. The second-order valence-corrected chi connectivity index (χ2v) is 10.7. The highest BCUT2D eigenvalue weighted by Crippen LogP contribution is 2.28. The molecule has 0 aliphatic heterocycles. The first-order valence-corrected chi connectivity index (χ1v) is 13.8. The largest absolute Gasteiger partial charge is 0.342 e. The van der Waals surface area contributed by atoms with Gasteiger partial charge in [0.15, 0.2) is 5.78 Å². The molecule has 0 aliphatic rings. The lowest BCUT2D eigenvalue weighted by atomic mass is 9.97. The molecule has 0 bridgehead atoms. The Morgan fingerprint density at radius 3 is 2.19 bits per heavy atom. The summed E-state index contributed by atoms with van der Waals surface area (Å²) < 4.78 is 27.2. The molecule has 37 heavy (non-hydrogen) atoms. The smallest absolute Gasteiger partial charge is 0.251 e. The average molecular weight is 515 g/mol. The van der Waals surface area contributed by atoms with Crippen LogP contribution in [0.5, 0.6) is 0 Å². The standard InChI is InChI=1S/C30H30N2O4S/c1-22(33)29(16-7-8-21-31-37(35,36)26-12-3-2-4-13-26)32-30(34)25-19-17-24(18-20-25)28-15-9-11-23-10-5-6-14-27(23)28/h2-6,9-15,17-20,29,31H,7-8,16,21H2,1H3,(H,32,34). The number of fused-ring (bicyclic) bond motifs is 1. The van der Waals surface area contributed by atoms with Crippen LogP contribution in [0.3, 0.4) is 0 Å². The van der Waals surface area contributed by atoms with E-state index in [9.17, 15) is 18.0 Å². The number of carbonyl (C=O) groups is 2. The first-order valence-electron chi connectivity index (χ1n) is 12.3. The molecule has 4 aromatic rings. The fraction of sp³-hybridized carbons (Fsp3) is 0.200. The minimum Gasteiger partial charge on any atom is -0.342 e. The normalized spacial score (nSPS) is 12.2. The molecule has 0 fully saturated rings. The van der Waals surface area contributed by atoms with Crippen LogP contribution in [0, 0.1) is 0 Å². The zero-order valence-corrected chi connectivity index (χ0v) is 21.5. The number of sulfonamides is 1. The molecule has 7 heteroatoms. The Labute approximate surface area is 217 Å². The van der Waals surface area contributed by atoms with E-state index in [2.05, 4.69) is 34.3 Å². The SMILES string of the molecule is CC(=O)C(CCCCNS(=O)(=O)c1ccccc1)NC(=O)c1ccc(-c2cccc3ccccc23)cc1. The lowest BCUT2D eigenvalue weighted by Gasteiger charge is -2.16. The van der Waals surface area contributed by atoms with Gasteiger partial charge in [0, 0.05) is 12.1 Å². The third kappa shape index (κ3) is 6.70. The Morgan fingerprint density at radius 2 is 1.46 bits per heavy atom. The number of benzene rings is 4. The van der Waals surface area contributed by atoms with E-state index in [4.69, 9.17) is 0 Å². The number of ketones is 1. The van der Waals surface area contributed by atoms with Gasteiger partial charge in [-0.2, -0.15) is 0 Å². The summed E-state index contributed by atoms with van der Waals surface area (Å²) in [5.74, 6) is -0.444. The monoisotopic (exact) mass is 514 g/mol. The van der Waals surface area contributed by atoms with Gasteiger partial charge in [0.1, 0.15) is 0 Å². The van der Waals surface area contributed by atoms with Crippen molar-refractivity contribution in [3.8, 4) is 11.1 Å². The van der Waals surface area contributed by atoms with E-state index >= 15 is 0 Å². The predicted octanol–water partition coefficient (Wildman–Crippen LogP) is 5.34.